The molecule has 6 rings (SSSR count). The van der Waals surface area contributed by atoms with Crippen molar-refractivity contribution < 1.29 is 4.79 Å². The second-order valence-electron chi connectivity index (χ2n) is 9.16. The molecule has 0 bridgehead atoms. The summed E-state index contributed by atoms with van der Waals surface area (Å²) >= 11 is 0. The zero-order valence-electron chi connectivity index (χ0n) is 19.3. The highest BCUT2D eigenvalue weighted by Crippen LogP contribution is 2.31. The summed E-state index contributed by atoms with van der Waals surface area (Å²) in [5.74, 6) is 0.856. The van der Waals surface area contributed by atoms with Crippen LogP contribution < -0.4 is 10.2 Å². The number of H-pyrrole nitrogens is 1. The number of aromatic amines is 1. The Hall–Kier alpha value is -3.95. The number of anilines is 1. The van der Waals surface area contributed by atoms with Gasteiger partial charge in [0.25, 0.3) is 5.91 Å². The van der Waals surface area contributed by atoms with Gasteiger partial charge in [0, 0.05) is 43.1 Å². The summed E-state index contributed by atoms with van der Waals surface area (Å²) < 4.78 is 3.79. The number of nitrogens with zero attached hydrogens (tertiary/aromatic N) is 7. The number of rotatable bonds is 6. The Morgan fingerprint density at radius 1 is 1.24 bits per heavy atom. The Kier molecular flexibility index (Phi) is 4.93. The van der Waals surface area contributed by atoms with Crippen LogP contribution in [0, 0.1) is 13.8 Å². The molecule has 1 amide bonds. The first-order valence-electron chi connectivity index (χ1n) is 11.6. The molecule has 34 heavy (non-hydrogen) atoms. The lowest BCUT2D eigenvalue weighted by molar-refractivity contribution is 0.0936. The van der Waals surface area contributed by atoms with Crippen LogP contribution in [0.4, 0.5) is 5.82 Å². The first kappa shape index (κ1) is 20.6. The Bertz CT molecular complexity index is 1330. The van der Waals surface area contributed by atoms with E-state index in [1.807, 2.05) is 37.0 Å². The molecule has 0 radical (unpaired) electrons. The molecule has 5 heterocycles. The zero-order chi connectivity index (χ0) is 23.2. The standard InChI is InChI=1S/C24H27N9O/c1-15-17(4-7-22(27-15)31-13-19(14-31)33-9-3-8-25-33)11-32-12-18(10-26-32)24(34)28-21-6-5-20-16(2)29-30-23(20)21/h3-4,7-10,12,19,21H,5-6,11,13-14H2,1-2H3,(H,28,34)(H,29,30)/t21-/m1/s1. The molecule has 2 aliphatic rings. The van der Waals surface area contributed by atoms with Gasteiger partial charge in [-0.05, 0) is 49.9 Å². The first-order chi connectivity index (χ1) is 16.5. The van der Waals surface area contributed by atoms with Gasteiger partial charge in [0.05, 0.1) is 36.1 Å². The second kappa shape index (κ2) is 8.12. The monoisotopic (exact) mass is 457 g/mol. The Morgan fingerprint density at radius 3 is 2.91 bits per heavy atom. The number of carbonyl (C=O) groups excluding carboxylic acids is 1. The summed E-state index contributed by atoms with van der Waals surface area (Å²) in [6.07, 6.45) is 9.04. The molecule has 10 nitrogen and oxygen atoms in total. The van der Waals surface area contributed by atoms with Gasteiger partial charge in [0.2, 0.25) is 0 Å². The molecule has 1 atom stereocenters. The molecule has 0 aromatic carbocycles. The number of fused-ring (bicyclic) bond motifs is 1. The number of carbonyl (C=O) groups is 1. The van der Waals surface area contributed by atoms with Gasteiger partial charge in [-0.3, -0.25) is 19.3 Å². The van der Waals surface area contributed by atoms with Crippen molar-refractivity contribution in [3.05, 3.63) is 76.8 Å². The van der Waals surface area contributed by atoms with Gasteiger partial charge in [-0.15, -0.1) is 0 Å². The number of aromatic nitrogens is 7. The fourth-order valence-electron chi connectivity index (χ4n) is 4.85. The van der Waals surface area contributed by atoms with Crippen LogP contribution in [-0.4, -0.2) is 53.7 Å². The molecule has 174 valence electrons. The molecule has 2 N–H and O–H groups in total. The van der Waals surface area contributed by atoms with Crippen LogP contribution in [0.5, 0.6) is 0 Å². The zero-order valence-corrected chi connectivity index (χ0v) is 19.3. The fourth-order valence-corrected chi connectivity index (χ4v) is 4.85. The quantitative estimate of drug-likeness (QED) is 0.460. The largest absolute Gasteiger partial charge is 0.352 e. The van der Waals surface area contributed by atoms with Gasteiger partial charge in [0.1, 0.15) is 5.82 Å². The van der Waals surface area contributed by atoms with E-state index >= 15 is 0 Å². The van der Waals surface area contributed by atoms with Crippen LogP contribution in [-0.2, 0) is 13.0 Å². The van der Waals surface area contributed by atoms with Crippen LogP contribution in [0.15, 0.2) is 43.0 Å². The van der Waals surface area contributed by atoms with Crippen molar-refractivity contribution in [1.82, 2.24) is 40.1 Å². The average molecular weight is 458 g/mol. The molecule has 0 saturated carbocycles. The fraction of sp³-hybridized carbons (Fsp3) is 0.375. The van der Waals surface area contributed by atoms with Crippen LogP contribution in [0.3, 0.4) is 0 Å². The summed E-state index contributed by atoms with van der Waals surface area (Å²) in [7, 11) is 0. The van der Waals surface area contributed by atoms with E-state index in [0.29, 0.717) is 18.2 Å². The summed E-state index contributed by atoms with van der Waals surface area (Å²) in [5, 5.41) is 19.2. The van der Waals surface area contributed by atoms with Crippen LogP contribution in [0.25, 0.3) is 0 Å². The van der Waals surface area contributed by atoms with E-state index in [0.717, 1.165) is 54.4 Å². The maximum atomic E-state index is 12.8. The minimum Gasteiger partial charge on any atom is -0.352 e. The third kappa shape index (κ3) is 3.64. The normalized spacial score (nSPS) is 17.6. The summed E-state index contributed by atoms with van der Waals surface area (Å²) in [5.41, 5.74) is 5.86. The van der Waals surface area contributed by atoms with E-state index in [4.69, 9.17) is 4.98 Å². The van der Waals surface area contributed by atoms with Gasteiger partial charge in [-0.25, -0.2) is 4.98 Å². The molecule has 1 saturated heterocycles. The minimum absolute atomic E-state index is 0.0517. The Labute approximate surface area is 197 Å². The third-order valence-electron chi connectivity index (χ3n) is 6.92. The maximum absolute atomic E-state index is 12.8. The lowest BCUT2D eigenvalue weighted by atomic mass is 10.1. The topological polar surface area (TPSA) is 110 Å². The molecular weight excluding hydrogens is 430 g/mol. The maximum Gasteiger partial charge on any atom is 0.255 e. The van der Waals surface area contributed by atoms with E-state index in [1.54, 1.807) is 17.1 Å². The van der Waals surface area contributed by atoms with E-state index in [-0.39, 0.29) is 11.9 Å². The Balaban J connectivity index is 1.08. The van der Waals surface area contributed by atoms with Crippen molar-refractivity contribution in [2.45, 2.75) is 45.3 Å². The smallest absolute Gasteiger partial charge is 0.255 e. The molecule has 1 fully saturated rings. The summed E-state index contributed by atoms with van der Waals surface area (Å²) in [4.78, 5) is 19.9. The van der Waals surface area contributed by atoms with Crippen molar-refractivity contribution in [2.24, 2.45) is 0 Å². The number of hydrogen-bond donors (Lipinski definition) is 2. The van der Waals surface area contributed by atoms with Gasteiger partial charge >= 0.3 is 0 Å². The highest BCUT2D eigenvalue weighted by Gasteiger charge is 2.30. The highest BCUT2D eigenvalue weighted by molar-refractivity contribution is 5.94. The number of amides is 1. The van der Waals surface area contributed by atoms with Crippen molar-refractivity contribution in [3.8, 4) is 0 Å². The van der Waals surface area contributed by atoms with Gasteiger partial charge in [0.15, 0.2) is 0 Å². The van der Waals surface area contributed by atoms with Crippen LogP contribution >= 0.6 is 0 Å². The Morgan fingerprint density at radius 2 is 2.12 bits per heavy atom. The lowest BCUT2D eigenvalue weighted by Gasteiger charge is -2.40. The molecule has 10 heteroatoms. The molecule has 1 aliphatic heterocycles. The van der Waals surface area contributed by atoms with Crippen molar-refractivity contribution in [2.75, 3.05) is 18.0 Å². The number of hydrogen-bond acceptors (Lipinski definition) is 6. The summed E-state index contributed by atoms with van der Waals surface area (Å²) in [6, 6.07) is 6.46. The number of pyridine rings is 1. The molecule has 4 aromatic rings. The van der Waals surface area contributed by atoms with Gasteiger partial charge in [-0.2, -0.15) is 15.3 Å². The highest BCUT2D eigenvalue weighted by atomic mass is 16.1. The van der Waals surface area contributed by atoms with E-state index in [2.05, 4.69) is 42.7 Å². The van der Waals surface area contributed by atoms with Crippen LogP contribution in [0.1, 0.15) is 57.1 Å². The van der Waals surface area contributed by atoms with E-state index < -0.39 is 0 Å². The van der Waals surface area contributed by atoms with E-state index in [1.165, 1.54) is 5.56 Å². The van der Waals surface area contributed by atoms with Crippen molar-refractivity contribution in [1.29, 1.82) is 0 Å². The van der Waals surface area contributed by atoms with Crippen molar-refractivity contribution in [3.63, 3.8) is 0 Å². The molecule has 0 spiro atoms. The second-order valence-corrected chi connectivity index (χ2v) is 9.16. The average Bonchev–Trinajstić information content (AvgIpc) is 3.58. The van der Waals surface area contributed by atoms with Crippen LogP contribution in [0.2, 0.25) is 0 Å². The molecule has 1 aliphatic carbocycles. The minimum atomic E-state index is -0.125. The molecule has 0 unspecified atom stereocenters. The van der Waals surface area contributed by atoms with Gasteiger partial charge in [-0.1, -0.05) is 6.07 Å². The lowest BCUT2D eigenvalue weighted by Crippen LogP contribution is -2.48. The predicted octanol–water partition coefficient (Wildman–Crippen LogP) is 2.34. The number of aryl methyl sites for hydroxylation is 2. The predicted molar refractivity (Wildman–Crippen MR) is 126 cm³/mol. The molecule has 4 aromatic heterocycles. The van der Waals surface area contributed by atoms with E-state index in [9.17, 15) is 4.79 Å². The summed E-state index contributed by atoms with van der Waals surface area (Å²) in [6.45, 7) is 6.42. The number of nitrogens with one attached hydrogen (secondary N) is 2. The molecular formula is C24H27N9O. The van der Waals surface area contributed by atoms with Gasteiger partial charge < -0.3 is 10.2 Å². The first-order valence-corrected chi connectivity index (χ1v) is 11.6. The van der Waals surface area contributed by atoms with Crippen molar-refractivity contribution >= 4 is 11.7 Å². The SMILES string of the molecule is Cc1nc(N2CC(n3cccn3)C2)ccc1Cn1cc(C(=O)N[C@@H]2CCc3c2n[nH]c3C)cn1. The third-order valence-corrected chi connectivity index (χ3v) is 6.92.